The molecule has 0 spiro atoms. The molecule has 1 aliphatic carbocycles. The molecule has 0 amide bonds. The van der Waals surface area contributed by atoms with E-state index in [1.54, 1.807) is 0 Å². The van der Waals surface area contributed by atoms with Gasteiger partial charge in [0.15, 0.2) is 0 Å². The van der Waals surface area contributed by atoms with Crippen LogP contribution < -0.4 is 10.1 Å². The smallest absolute Gasteiger partial charge is 0.121 e. The van der Waals surface area contributed by atoms with Crippen LogP contribution in [0.3, 0.4) is 0 Å². The van der Waals surface area contributed by atoms with E-state index < -0.39 is 0 Å². The van der Waals surface area contributed by atoms with Crippen LogP contribution in [0, 0.1) is 5.92 Å². The number of rotatable bonds is 5. The van der Waals surface area contributed by atoms with Crippen LogP contribution >= 0.6 is 0 Å². The van der Waals surface area contributed by atoms with Crippen LogP contribution in [0.25, 0.3) is 0 Å². The van der Waals surface area contributed by atoms with Crippen LogP contribution in [0.5, 0.6) is 5.75 Å². The first-order chi connectivity index (χ1) is 8.29. The van der Waals surface area contributed by atoms with Gasteiger partial charge >= 0.3 is 0 Å². The minimum atomic E-state index is 0.564. The molecule has 0 bridgehead atoms. The van der Waals surface area contributed by atoms with Crippen molar-refractivity contribution in [2.75, 3.05) is 11.9 Å². The summed E-state index contributed by atoms with van der Waals surface area (Å²) in [5, 5.41) is 3.60. The summed E-state index contributed by atoms with van der Waals surface area (Å²) in [7, 11) is 0. The van der Waals surface area contributed by atoms with E-state index in [2.05, 4.69) is 30.4 Å². The van der Waals surface area contributed by atoms with Crippen molar-refractivity contribution in [3.63, 3.8) is 0 Å². The van der Waals surface area contributed by atoms with Crippen molar-refractivity contribution >= 4 is 5.69 Å². The van der Waals surface area contributed by atoms with E-state index in [4.69, 9.17) is 4.74 Å². The molecule has 0 aliphatic heterocycles. The van der Waals surface area contributed by atoms with Gasteiger partial charge in [0.25, 0.3) is 0 Å². The lowest BCUT2D eigenvalue weighted by Gasteiger charge is -2.21. The second-order valence-electron chi connectivity index (χ2n) is 4.94. The van der Waals surface area contributed by atoms with Gasteiger partial charge in [0.1, 0.15) is 5.75 Å². The lowest BCUT2D eigenvalue weighted by molar-refractivity contribution is 0.340. The first kappa shape index (κ1) is 12.3. The fraction of sp³-hybridized carbons (Fsp3) is 0.600. The van der Waals surface area contributed by atoms with Crippen molar-refractivity contribution in [3.05, 3.63) is 24.3 Å². The first-order valence-corrected chi connectivity index (χ1v) is 6.79. The van der Waals surface area contributed by atoms with Crippen molar-refractivity contribution in [2.45, 2.75) is 45.6 Å². The van der Waals surface area contributed by atoms with Gasteiger partial charge < -0.3 is 10.1 Å². The SMILES string of the molecule is CCOc1cccc(NC(C)C2CCCC2)c1. The average Bonchev–Trinajstić information content (AvgIpc) is 2.83. The molecule has 17 heavy (non-hydrogen) atoms. The fourth-order valence-electron chi connectivity index (χ4n) is 2.68. The highest BCUT2D eigenvalue weighted by Crippen LogP contribution is 2.29. The van der Waals surface area contributed by atoms with Crippen LogP contribution in [0.1, 0.15) is 39.5 Å². The second kappa shape index (κ2) is 5.95. The highest BCUT2D eigenvalue weighted by atomic mass is 16.5. The predicted octanol–water partition coefficient (Wildman–Crippen LogP) is 4.08. The van der Waals surface area contributed by atoms with Gasteiger partial charge in [0.05, 0.1) is 6.61 Å². The maximum Gasteiger partial charge on any atom is 0.121 e. The molecule has 0 heterocycles. The number of anilines is 1. The van der Waals surface area contributed by atoms with Crippen LogP contribution in [0.2, 0.25) is 0 Å². The lowest BCUT2D eigenvalue weighted by Crippen LogP contribution is -2.23. The Kier molecular flexibility index (Phi) is 4.29. The second-order valence-corrected chi connectivity index (χ2v) is 4.94. The third-order valence-electron chi connectivity index (χ3n) is 3.65. The van der Waals surface area contributed by atoms with Crippen molar-refractivity contribution in [2.24, 2.45) is 5.92 Å². The third-order valence-corrected chi connectivity index (χ3v) is 3.65. The van der Waals surface area contributed by atoms with Crippen LogP contribution in [0.15, 0.2) is 24.3 Å². The molecule has 2 rings (SSSR count). The Hall–Kier alpha value is -1.18. The van der Waals surface area contributed by atoms with Gasteiger partial charge in [-0.3, -0.25) is 0 Å². The van der Waals surface area contributed by atoms with E-state index in [1.165, 1.54) is 31.4 Å². The van der Waals surface area contributed by atoms with Gasteiger partial charge in [-0.15, -0.1) is 0 Å². The molecule has 1 atom stereocenters. The Bertz CT molecular complexity index is 345. The summed E-state index contributed by atoms with van der Waals surface area (Å²) >= 11 is 0. The Morgan fingerprint density at radius 1 is 1.35 bits per heavy atom. The minimum Gasteiger partial charge on any atom is -0.494 e. The Balaban J connectivity index is 1.94. The maximum atomic E-state index is 5.51. The van der Waals surface area contributed by atoms with E-state index in [0.717, 1.165) is 18.3 Å². The molecule has 0 radical (unpaired) electrons. The number of ether oxygens (including phenoxy) is 1. The summed E-state index contributed by atoms with van der Waals surface area (Å²) in [6, 6.07) is 8.83. The van der Waals surface area contributed by atoms with Gasteiger partial charge in [-0.05, 0) is 44.7 Å². The zero-order valence-electron chi connectivity index (χ0n) is 10.9. The molecular formula is C15H23NO. The highest BCUT2D eigenvalue weighted by molar-refractivity contribution is 5.48. The molecule has 1 saturated carbocycles. The molecule has 2 nitrogen and oxygen atoms in total. The fourth-order valence-corrected chi connectivity index (χ4v) is 2.68. The van der Waals surface area contributed by atoms with Gasteiger partial charge in [0.2, 0.25) is 0 Å². The number of hydrogen-bond donors (Lipinski definition) is 1. The molecule has 1 aromatic carbocycles. The molecule has 1 aliphatic rings. The Labute approximate surface area is 104 Å². The zero-order chi connectivity index (χ0) is 12.1. The topological polar surface area (TPSA) is 21.3 Å². The van der Waals surface area contributed by atoms with Crippen molar-refractivity contribution in [3.8, 4) is 5.75 Å². The average molecular weight is 233 g/mol. The Morgan fingerprint density at radius 3 is 2.82 bits per heavy atom. The van der Waals surface area contributed by atoms with Crippen molar-refractivity contribution in [1.82, 2.24) is 0 Å². The van der Waals surface area contributed by atoms with Gasteiger partial charge in [0, 0.05) is 17.8 Å². The number of benzene rings is 1. The standard InChI is InChI=1S/C15H23NO/c1-3-17-15-10-6-9-14(11-15)16-12(2)13-7-4-5-8-13/h6,9-13,16H,3-5,7-8H2,1-2H3. The molecular weight excluding hydrogens is 210 g/mol. The zero-order valence-corrected chi connectivity index (χ0v) is 10.9. The minimum absolute atomic E-state index is 0.564. The van der Waals surface area contributed by atoms with E-state index in [9.17, 15) is 0 Å². The van der Waals surface area contributed by atoms with Crippen LogP contribution in [0.4, 0.5) is 5.69 Å². The van der Waals surface area contributed by atoms with Gasteiger partial charge in [-0.1, -0.05) is 18.9 Å². The predicted molar refractivity (Wildman–Crippen MR) is 72.7 cm³/mol. The highest BCUT2D eigenvalue weighted by Gasteiger charge is 2.21. The quantitative estimate of drug-likeness (QED) is 0.827. The van der Waals surface area contributed by atoms with E-state index in [0.29, 0.717) is 6.04 Å². The van der Waals surface area contributed by atoms with Gasteiger partial charge in [-0.2, -0.15) is 0 Å². The molecule has 94 valence electrons. The first-order valence-electron chi connectivity index (χ1n) is 6.79. The summed E-state index contributed by atoms with van der Waals surface area (Å²) in [5.41, 5.74) is 1.18. The van der Waals surface area contributed by atoms with Crippen LogP contribution in [-0.4, -0.2) is 12.6 Å². The van der Waals surface area contributed by atoms with Crippen molar-refractivity contribution in [1.29, 1.82) is 0 Å². The molecule has 1 aromatic rings. The summed E-state index contributed by atoms with van der Waals surface area (Å²) in [6.07, 6.45) is 5.55. The molecule has 1 fully saturated rings. The van der Waals surface area contributed by atoms with E-state index in [-0.39, 0.29) is 0 Å². The summed E-state index contributed by atoms with van der Waals surface area (Å²) in [6.45, 7) is 5.03. The monoisotopic (exact) mass is 233 g/mol. The molecule has 2 heteroatoms. The van der Waals surface area contributed by atoms with E-state index >= 15 is 0 Å². The third kappa shape index (κ3) is 3.39. The Morgan fingerprint density at radius 2 is 2.12 bits per heavy atom. The molecule has 1 unspecified atom stereocenters. The lowest BCUT2D eigenvalue weighted by atomic mass is 9.99. The molecule has 0 aromatic heterocycles. The van der Waals surface area contributed by atoms with Crippen LogP contribution in [-0.2, 0) is 0 Å². The maximum absolute atomic E-state index is 5.51. The summed E-state index contributed by atoms with van der Waals surface area (Å²) in [4.78, 5) is 0. The van der Waals surface area contributed by atoms with Gasteiger partial charge in [-0.25, -0.2) is 0 Å². The van der Waals surface area contributed by atoms with Crippen molar-refractivity contribution < 1.29 is 4.74 Å². The van der Waals surface area contributed by atoms with E-state index in [1.807, 2.05) is 13.0 Å². The largest absolute Gasteiger partial charge is 0.494 e. The molecule has 0 saturated heterocycles. The normalized spacial score (nSPS) is 18.0. The number of nitrogens with one attached hydrogen (secondary N) is 1. The number of hydrogen-bond acceptors (Lipinski definition) is 2. The summed E-state index contributed by atoms with van der Waals surface area (Å²) in [5.74, 6) is 1.79. The summed E-state index contributed by atoms with van der Waals surface area (Å²) < 4.78 is 5.51. The molecule has 1 N–H and O–H groups in total.